The third kappa shape index (κ3) is 4.07. The highest BCUT2D eigenvalue weighted by Crippen LogP contribution is 2.21. The second-order valence-electron chi connectivity index (χ2n) is 4.60. The van der Waals surface area contributed by atoms with E-state index < -0.39 is 17.8 Å². The molecule has 2 rings (SSSR count). The van der Waals surface area contributed by atoms with Crippen LogP contribution in [0.4, 0.5) is 5.69 Å². The summed E-state index contributed by atoms with van der Waals surface area (Å²) in [5.74, 6) is -2.33. The molecule has 3 N–H and O–H groups in total. The number of phenols is 1. The molecule has 5 nitrogen and oxygen atoms in total. The highest BCUT2D eigenvalue weighted by atomic mass is 16.4. The summed E-state index contributed by atoms with van der Waals surface area (Å²) in [5, 5.41) is 21.2. The van der Waals surface area contributed by atoms with Crippen molar-refractivity contribution in [3.05, 3.63) is 60.2 Å². The van der Waals surface area contributed by atoms with E-state index in [0.29, 0.717) is 11.3 Å². The number of rotatable bonds is 5. The molecule has 0 aliphatic carbocycles. The van der Waals surface area contributed by atoms with Crippen molar-refractivity contribution in [3.63, 3.8) is 0 Å². The summed E-state index contributed by atoms with van der Waals surface area (Å²) in [6, 6.07) is 14.7. The van der Waals surface area contributed by atoms with E-state index in [2.05, 4.69) is 5.32 Å². The molecule has 0 saturated heterocycles. The number of phenolic OH excluding ortho intramolecular Hbond substituents is 1. The fourth-order valence-electron chi connectivity index (χ4n) is 2.01. The van der Waals surface area contributed by atoms with Gasteiger partial charge < -0.3 is 15.5 Å². The van der Waals surface area contributed by atoms with Gasteiger partial charge in [0.2, 0.25) is 5.91 Å². The molecule has 5 heteroatoms. The molecule has 0 spiro atoms. The molecule has 1 unspecified atom stereocenters. The number of aliphatic carboxylic acids is 1. The zero-order chi connectivity index (χ0) is 15.2. The number of anilines is 1. The van der Waals surface area contributed by atoms with Crippen molar-refractivity contribution in [1.29, 1.82) is 0 Å². The Bertz CT molecular complexity index is 640. The van der Waals surface area contributed by atoms with Crippen molar-refractivity contribution in [3.8, 4) is 5.75 Å². The summed E-state index contributed by atoms with van der Waals surface area (Å²) in [7, 11) is 0. The first kappa shape index (κ1) is 14.6. The molecule has 0 fully saturated rings. The maximum absolute atomic E-state index is 12.0. The molecule has 0 aromatic heterocycles. The number of nitrogens with one attached hydrogen (secondary N) is 1. The van der Waals surface area contributed by atoms with Gasteiger partial charge in [-0.3, -0.25) is 9.59 Å². The normalized spacial score (nSPS) is 11.6. The van der Waals surface area contributed by atoms with Crippen LogP contribution in [0.3, 0.4) is 0 Å². The van der Waals surface area contributed by atoms with Crippen LogP contribution in [0.1, 0.15) is 17.9 Å². The van der Waals surface area contributed by atoms with Crippen LogP contribution in [0.25, 0.3) is 0 Å². The molecule has 108 valence electrons. The van der Waals surface area contributed by atoms with Crippen LogP contribution in [0.5, 0.6) is 5.75 Å². The molecule has 0 aliphatic rings. The number of hydrogen-bond acceptors (Lipinski definition) is 3. The van der Waals surface area contributed by atoms with Gasteiger partial charge in [0.15, 0.2) is 0 Å². The Balaban J connectivity index is 2.07. The van der Waals surface area contributed by atoms with E-state index in [0.717, 1.165) is 0 Å². The Labute approximate surface area is 121 Å². The molecule has 2 aromatic carbocycles. The Morgan fingerprint density at radius 3 is 2.38 bits per heavy atom. The lowest BCUT2D eigenvalue weighted by Gasteiger charge is -2.13. The summed E-state index contributed by atoms with van der Waals surface area (Å²) in [4.78, 5) is 23.3. The van der Waals surface area contributed by atoms with Gasteiger partial charge in [-0.25, -0.2) is 0 Å². The van der Waals surface area contributed by atoms with E-state index in [4.69, 9.17) is 0 Å². The molecule has 0 aliphatic heterocycles. The predicted octanol–water partition coefficient (Wildman–Crippen LogP) is 2.59. The van der Waals surface area contributed by atoms with E-state index in [1.807, 2.05) is 0 Å². The first-order valence-electron chi connectivity index (χ1n) is 6.43. The lowest BCUT2D eigenvalue weighted by Crippen LogP contribution is -2.20. The Hall–Kier alpha value is -2.82. The number of amides is 1. The number of carboxylic acids is 1. The Morgan fingerprint density at radius 2 is 1.76 bits per heavy atom. The zero-order valence-electron chi connectivity index (χ0n) is 11.2. The van der Waals surface area contributed by atoms with Crippen LogP contribution < -0.4 is 5.32 Å². The largest absolute Gasteiger partial charge is 0.508 e. The molecule has 1 amide bonds. The van der Waals surface area contributed by atoms with Gasteiger partial charge in [-0.2, -0.15) is 0 Å². The van der Waals surface area contributed by atoms with E-state index >= 15 is 0 Å². The van der Waals surface area contributed by atoms with Crippen LogP contribution in [0, 0.1) is 0 Å². The Morgan fingerprint density at radius 1 is 1.05 bits per heavy atom. The van der Waals surface area contributed by atoms with Gasteiger partial charge in [0.25, 0.3) is 0 Å². The lowest BCUT2D eigenvalue weighted by molar-refractivity contribution is -0.140. The van der Waals surface area contributed by atoms with Crippen LogP contribution in [-0.2, 0) is 9.59 Å². The number of carbonyl (C=O) groups excluding carboxylic acids is 1. The predicted molar refractivity (Wildman–Crippen MR) is 78.2 cm³/mol. The number of aromatic hydroxyl groups is 1. The quantitative estimate of drug-likeness (QED) is 0.788. The van der Waals surface area contributed by atoms with Crippen LogP contribution >= 0.6 is 0 Å². The highest BCUT2D eigenvalue weighted by Gasteiger charge is 2.23. The molecular weight excluding hydrogens is 270 g/mol. The fraction of sp³-hybridized carbons (Fsp3) is 0.125. The molecule has 21 heavy (non-hydrogen) atoms. The fourth-order valence-corrected chi connectivity index (χ4v) is 2.01. The SMILES string of the molecule is O=C(CC(C(=O)O)c1ccccc1)Nc1cccc(O)c1. The number of hydrogen-bond donors (Lipinski definition) is 3. The molecule has 2 aromatic rings. The third-order valence-electron chi connectivity index (χ3n) is 3.02. The maximum Gasteiger partial charge on any atom is 0.311 e. The van der Waals surface area contributed by atoms with Crippen molar-refractivity contribution in [1.82, 2.24) is 0 Å². The second kappa shape index (κ2) is 6.56. The van der Waals surface area contributed by atoms with Gasteiger partial charge in [0.05, 0.1) is 5.92 Å². The van der Waals surface area contributed by atoms with Crippen molar-refractivity contribution in [2.75, 3.05) is 5.32 Å². The molecule has 0 saturated carbocycles. The van der Waals surface area contributed by atoms with Crippen molar-refractivity contribution in [2.24, 2.45) is 0 Å². The molecule has 1 atom stereocenters. The molecular formula is C16H15NO4. The van der Waals surface area contributed by atoms with Gasteiger partial charge >= 0.3 is 5.97 Å². The van der Waals surface area contributed by atoms with Crippen molar-refractivity contribution < 1.29 is 19.8 Å². The summed E-state index contributed by atoms with van der Waals surface area (Å²) < 4.78 is 0. The smallest absolute Gasteiger partial charge is 0.311 e. The molecule has 0 bridgehead atoms. The van der Waals surface area contributed by atoms with Crippen LogP contribution in [-0.4, -0.2) is 22.1 Å². The van der Waals surface area contributed by atoms with E-state index in [9.17, 15) is 19.8 Å². The topological polar surface area (TPSA) is 86.6 Å². The summed E-state index contributed by atoms with van der Waals surface area (Å²) >= 11 is 0. The standard InChI is InChI=1S/C16H15NO4/c18-13-8-4-7-12(9-13)17-15(19)10-14(16(20)21)11-5-2-1-3-6-11/h1-9,14,18H,10H2,(H,17,19)(H,20,21). The molecule has 0 heterocycles. The van der Waals surface area contributed by atoms with E-state index in [1.54, 1.807) is 42.5 Å². The average molecular weight is 285 g/mol. The van der Waals surface area contributed by atoms with Gasteiger partial charge in [-0.05, 0) is 17.7 Å². The first-order valence-corrected chi connectivity index (χ1v) is 6.43. The Kier molecular flexibility index (Phi) is 4.56. The van der Waals surface area contributed by atoms with Gasteiger partial charge in [-0.1, -0.05) is 36.4 Å². The summed E-state index contributed by atoms with van der Waals surface area (Å²) in [6.45, 7) is 0. The van der Waals surface area contributed by atoms with Crippen molar-refractivity contribution in [2.45, 2.75) is 12.3 Å². The first-order chi connectivity index (χ1) is 10.1. The van der Waals surface area contributed by atoms with Gasteiger partial charge in [0.1, 0.15) is 5.75 Å². The van der Waals surface area contributed by atoms with Crippen LogP contribution in [0.15, 0.2) is 54.6 Å². The second-order valence-corrected chi connectivity index (χ2v) is 4.60. The van der Waals surface area contributed by atoms with Gasteiger partial charge in [0, 0.05) is 18.2 Å². The molecule has 0 radical (unpaired) electrons. The van der Waals surface area contributed by atoms with Crippen molar-refractivity contribution >= 4 is 17.6 Å². The highest BCUT2D eigenvalue weighted by molar-refractivity contribution is 5.94. The summed E-state index contributed by atoms with van der Waals surface area (Å²) in [6.07, 6.45) is -0.172. The monoisotopic (exact) mass is 285 g/mol. The minimum absolute atomic E-state index is 0.0330. The average Bonchev–Trinajstić information content (AvgIpc) is 2.45. The zero-order valence-corrected chi connectivity index (χ0v) is 11.2. The maximum atomic E-state index is 12.0. The van der Waals surface area contributed by atoms with Gasteiger partial charge in [-0.15, -0.1) is 0 Å². The van der Waals surface area contributed by atoms with E-state index in [1.165, 1.54) is 12.1 Å². The lowest BCUT2D eigenvalue weighted by atomic mass is 9.95. The number of benzene rings is 2. The summed E-state index contributed by atoms with van der Waals surface area (Å²) in [5.41, 5.74) is 1.01. The van der Waals surface area contributed by atoms with E-state index in [-0.39, 0.29) is 12.2 Å². The number of carbonyl (C=O) groups is 2. The minimum atomic E-state index is -1.05. The van der Waals surface area contributed by atoms with Crippen LogP contribution in [0.2, 0.25) is 0 Å². The number of carboxylic acid groups (broad SMARTS) is 1. The minimum Gasteiger partial charge on any atom is -0.508 e. The third-order valence-corrected chi connectivity index (χ3v) is 3.02.